The molecule has 0 fully saturated rings. The summed E-state index contributed by atoms with van der Waals surface area (Å²) in [5.74, 6) is 1.72. The number of thioether (sulfide) groups is 1. The van der Waals surface area contributed by atoms with Crippen molar-refractivity contribution in [2.24, 2.45) is 14.1 Å². The molecular weight excluding hydrogens is 404 g/mol. The molecule has 0 aromatic carbocycles. The molecule has 0 aliphatic rings. The summed E-state index contributed by atoms with van der Waals surface area (Å²) >= 11 is 1.35. The van der Waals surface area contributed by atoms with Crippen molar-refractivity contribution < 1.29 is 4.52 Å². The number of unbranched alkanes of at least 4 members (excludes halogenated alkanes) is 1. The number of hydrogen-bond donors (Lipinski definition) is 0. The predicted molar refractivity (Wildman–Crippen MR) is 116 cm³/mol. The zero-order valence-electron chi connectivity index (χ0n) is 18.5. The third-order valence-corrected chi connectivity index (χ3v) is 5.89. The molecule has 9 nitrogen and oxygen atoms in total. The highest BCUT2D eigenvalue weighted by molar-refractivity contribution is 7.99. The van der Waals surface area contributed by atoms with Crippen molar-refractivity contribution in [3.8, 4) is 0 Å². The topological polar surface area (TPSA) is 109 Å². The summed E-state index contributed by atoms with van der Waals surface area (Å²) in [6.45, 7) is 10.0. The van der Waals surface area contributed by atoms with Crippen LogP contribution in [-0.4, -0.2) is 29.2 Å². The maximum Gasteiger partial charge on any atom is 0.332 e. The molecule has 3 aromatic heterocycles. The zero-order chi connectivity index (χ0) is 22.2. The number of aryl methyl sites for hydroxylation is 2. The molecule has 0 N–H and O–H groups in total. The SMILES string of the molecule is CCCCc1noc([C@H](C)Sc2nc(C(C)(C)C)nc3c2c(=O)n(C)c(=O)n3C)n1. The van der Waals surface area contributed by atoms with Gasteiger partial charge < -0.3 is 4.52 Å². The van der Waals surface area contributed by atoms with Crippen molar-refractivity contribution in [1.82, 2.24) is 29.2 Å². The van der Waals surface area contributed by atoms with Crippen molar-refractivity contribution in [1.29, 1.82) is 0 Å². The summed E-state index contributed by atoms with van der Waals surface area (Å²) in [5.41, 5.74) is -0.876. The second-order valence-corrected chi connectivity index (χ2v) is 9.75. The second kappa shape index (κ2) is 8.33. The number of nitrogens with zero attached hydrogens (tertiary/aromatic N) is 6. The van der Waals surface area contributed by atoms with Gasteiger partial charge in [0.1, 0.15) is 16.2 Å². The van der Waals surface area contributed by atoms with Crippen LogP contribution < -0.4 is 11.2 Å². The smallest absolute Gasteiger partial charge is 0.332 e. The monoisotopic (exact) mass is 432 g/mol. The van der Waals surface area contributed by atoms with Gasteiger partial charge in [-0.25, -0.2) is 14.8 Å². The third-order valence-electron chi connectivity index (χ3n) is 4.81. The molecule has 1 atom stereocenters. The summed E-state index contributed by atoms with van der Waals surface area (Å²) in [6, 6.07) is 0. The summed E-state index contributed by atoms with van der Waals surface area (Å²) in [4.78, 5) is 39.1. The lowest BCUT2D eigenvalue weighted by atomic mass is 9.96. The van der Waals surface area contributed by atoms with Gasteiger partial charge in [0, 0.05) is 25.9 Å². The van der Waals surface area contributed by atoms with Crippen LogP contribution in [0.15, 0.2) is 19.1 Å². The third kappa shape index (κ3) is 4.19. The van der Waals surface area contributed by atoms with Crippen LogP contribution in [0.2, 0.25) is 0 Å². The van der Waals surface area contributed by atoms with Crippen LogP contribution in [-0.2, 0) is 25.9 Å². The lowest BCUT2D eigenvalue weighted by Crippen LogP contribution is -2.38. The molecule has 3 rings (SSSR count). The average Bonchev–Trinajstić information content (AvgIpc) is 3.17. The molecule has 0 bridgehead atoms. The van der Waals surface area contributed by atoms with Crippen molar-refractivity contribution in [3.63, 3.8) is 0 Å². The Morgan fingerprint density at radius 2 is 1.80 bits per heavy atom. The highest BCUT2D eigenvalue weighted by Crippen LogP contribution is 2.36. The van der Waals surface area contributed by atoms with Gasteiger partial charge >= 0.3 is 5.69 Å². The molecule has 30 heavy (non-hydrogen) atoms. The van der Waals surface area contributed by atoms with Gasteiger partial charge in [0.25, 0.3) is 5.56 Å². The highest BCUT2D eigenvalue weighted by Gasteiger charge is 2.26. The van der Waals surface area contributed by atoms with Crippen LogP contribution in [0.25, 0.3) is 11.0 Å². The molecule has 162 valence electrons. The molecule has 0 spiro atoms. The number of aromatic nitrogens is 6. The standard InChI is InChI=1S/C20H28N6O3S/c1-8-9-10-12-21-15(29-24-12)11(2)30-16-13-14(22-18(23-16)20(3,4)5)25(6)19(28)26(7)17(13)27/h11H,8-10H2,1-7H3/t11-/m0/s1. The molecule has 0 radical (unpaired) electrons. The first-order valence-corrected chi connectivity index (χ1v) is 10.9. The fraction of sp³-hybridized carbons (Fsp3) is 0.600. The molecule has 0 unspecified atom stereocenters. The molecule has 0 amide bonds. The molecule has 3 heterocycles. The summed E-state index contributed by atoms with van der Waals surface area (Å²) in [6.07, 6.45) is 2.82. The molecule has 0 aliphatic carbocycles. The van der Waals surface area contributed by atoms with Crippen molar-refractivity contribution >= 4 is 22.8 Å². The van der Waals surface area contributed by atoms with E-state index in [1.165, 1.54) is 23.4 Å². The second-order valence-electron chi connectivity index (χ2n) is 8.42. The first-order valence-electron chi connectivity index (χ1n) is 10.0. The summed E-state index contributed by atoms with van der Waals surface area (Å²) in [7, 11) is 3.07. The fourth-order valence-corrected chi connectivity index (χ4v) is 3.90. The van der Waals surface area contributed by atoms with Gasteiger partial charge in [-0.1, -0.05) is 51.0 Å². The summed E-state index contributed by atoms with van der Waals surface area (Å²) in [5, 5.41) is 4.64. The van der Waals surface area contributed by atoms with Crippen LogP contribution in [0.4, 0.5) is 0 Å². The number of hydrogen-bond acceptors (Lipinski definition) is 8. The van der Waals surface area contributed by atoms with Gasteiger partial charge in [0.2, 0.25) is 5.89 Å². The van der Waals surface area contributed by atoms with Crippen LogP contribution in [0.1, 0.15) is 70.2 Å². The number of fused-ring (bicyclic) bond motifs is 1. The Labute approximate surface area is 178 Å². The molecule has 0 saturated heterocycles. The van der Waals surface area contributed by atoms with E-state index in [0.717, 1.165) is 23.8 Å². The minimum Gasteiger partial charge on any atom is -0.338 e. The minimum absolute atomic E-state index is 0.222. The van der Waals surface area contributed by atoms with E-state index in [2.05, 4.69) is 22.0 Å². The van der Waals surface area contributed by atoms with Gasteiger partial charge in [0.05, 0.1) is 5.25 Å². The Morgan fingerprint density at radius 1 is 1.10 bits per heavy atom. The van der Waals surface area contributed by atoms with E-state index in [4.69, 9.17) is 9.51 Å². The lowest BCUT2D eigenvalue weighted by Gasteiger charge is -2.20. The molecular formula is C20H28N6O3S. The van der Waals surface area contributed by atoms with Crippen molar-refractivity contribution in [2.75, 3.05) is 0 Å². The molecule has 0 saturated carbocycles. The van der Waals surface area contributed by atoms with E-state index in [1.54, 1.807) is 7.05 Å². The normalized spacial score (nSPS) is 13.2. The number of rotatable bonds is 6. The lowest BCUT2D eigenvalue weighted by molar-refractivity contribution is 0.374. The van der Waals surface area contributed by atoms with Gasteiger partial charge in [-0.15, -0.1) is 0 Å². The van der Waals surface area contributed by atoms with Crippen molar-refractivity contribution in [2.45, 2.75) is 69.6 Å². The van der Waals surface area contributed by atoms with Crippen LogP contribution >= 0.6 is 11.8 Å². The van der Waals surface area contributed by atoms with E-state index in [1.807, 2.05) is 27.7 Å². The van der Waals surface area contributed by atoms with Gasteiger partial charge in [-0.3, -0.25) is 13.9 Å². The predicted octanol–water partition coefficient (Wildman–Crippen LogP) is 2.90. The van der Waals surface area contributed by atoms with Crippen LogP contribution in [0.3, 0.4) is 0 Å². The fourth-order valence-electron chi connectivity index (χ4n) is 2.94. The van der Waals surface area contributed by atoms with Gasteiger partial charge in [-0.05, 0) is 13.3 Å². The first-order chi connectivity index (χ1) is 14.0. The first kappa shape index (κ1) is 22.2. The Balaban J connectivity index is 2.13. The van der Waals surface area contributed by atoms with E-state index < -0.39 is 11.2 Å². The summed E-state index contributed by atoms with van der Waals surface area (Å²) < 4.78 is 7.90. The van der Waals surface area contributed by atoms with Gasteiger partial charge in [-0.2, -0.15) is 4.98 Å². The maximum atomic E-state index is 12.9. The Kier molecular flexibility index (Phi) is 6.16. The van der Waals surface area contributed by atoms with E-state index in [9.17, 15) is 9.59 Å². The van der Waals surface area contributed by atoms with E-state index in [-0.39, 0.29) is 10.7 Å². The van der Waals surface area contributed by atoms with Gasteiger partial charge in [0.15, 0.2) is 11.5 Å². The Morgan fingerprint density at radius 3 is 2.43 bits per heavy atom. The quantitative estimate of drug-likeness (QED) is 0.432. The minimum atomic E-state index is -0.424. The van der Waals surface area contributed by atoms with Crippen LogP contribution in [0, 0.1) is 0 Å². The molecule has 0 aliphatic heterocycles. The van der Waals surface area contributed by atoms with E-state index >= 15 is 0 Å². The Bertz CT molecular complexity index is 1190. The van der Waals surface area contributed by atoms with Crippen molar-refractivity contribution in [3.05, 3.63) is 38.4 Å². The highest BCUT2D eigenvalue weighted by atomic mass is 32.2. The average molecular weight is 433 g/mol. The zero-order valence-corrected chi connectivity index (χ0v) is 19.3. The maximum absolute atomic E-state index is 12.9. The largest absolute Gasteiger partial charge is 0.338 e. The molecule has 3 aromatic rings. The van der Waals surface area contributed by atoms with E-state index in [0.29, 0.717) is 33.6 Å². The Hall–Kier alpha value is -2.49. The van der Waals surface area contributed by atoms with Crippen LogP contribution in [0.5, 0.6) is 0 Å². The molecule has 10 heteroatoms.